The van der Waals surface area contributed by atoms with Crippen molar-refractivity contribution in [3.05, 3.63) is 112 Å². The summed E-state index contributed by atoms with van der Waals surface area (Å²) in [7, 11) is -0.514. The van der Waals surface area contributed by atoms with Gasteiger partial charge in [-0.25, -0.2) is 13.4 Å². The summed E-state index contributed by atoms with van der Waals surface area (Å²) < 4.78 is 43.3. The molecule has 1 unspecified atom stereocenters. The summed E-state index contributed by atoms with van der Waals surface area (Å²) >= 11 is 0. The molecule has 1 N–H and O–H groups in total. The monoisotopic (exact) mass is 668 g/mol. The SMILES string of the molecule is COc1cc2nccc(Oc3ccc(NC(=O)c4cc5c(n(C(CS(C)(=O)=O)c6ccccc6)c4=O)CCCC5=O)nc3)c2cc1OC. The van der Waals surface area contributed by atoms with Crippen molar-refractivity contribution in [1.29, 1.82) is 0 Å². The van der Waals surface area contributed by atoms with Crippen molar-refractivity contribution in [2.75, 3.05) is 31.5 Å². The Morgan fingerprint density at radius 2 is 1.69 bits per heavy atom. The van der Waals surface area contributed by atoms with E-state index in [1.807, 2.05) is 0 Å². The molecule has 2 aromatic carbocycles. The van der Waals surface area contributed by atoms with Crippen molar-refractivity contribution in [3.8, 4) is 23.0 Å². The first-order chi connectivity index (χ1) is 23.1. The summed E-state index contributed by atoms with van der Waals surface area (Å²) in [6, 6.07) is 17.4. The van der Waals surface area contributed by atoms with E-state index in [4.69, 9.17) is 14.2 Å². The van der Waals surface area contributed by atoms with Crippen LogP contribution in [0.1, 0.15) is 50.9 Å². The highest BCUT2D eigenvalue weighted by molar-refractivity contribution is 7.90. The Morgan fingerprint density at radius 1 is 0.938 bits per heavy atom. The number of nitrogens with zero attached hydrogens (tertiary/aromatic N) is 3. The van der Waals surface area contributed by atoms with E-state index in [-0.39, 0.29) is 29.1 Å². The first-order valence-corrected chi connectivity index (χ1v) is 17.1. The quantitative estimate of drug-likeness (QED) is 0.215. The zero-order chi connectivity index (χ0) is 34.0. The molecule has 0 saturated heterocycles. The molecule has 6 rings (SSSR count). The smallest absolute Gasteiger partial charge is 0.264 e. The maximum Gasteiger partial charge on any atom is 0.264 e. The van der Waals surface area contributed by atoms with Crippen LogP contribution < -0.4 is 25.1 Å². The van der Waals surface area contributed by atoms with Gasteiger partial charge in [0.05, 0.1) is 37.7 Å². The van der Waals surface area contributed by atoms with Crippen molar-refractivity contribution in [2.24, 2.45) is 0 Å². The second kappa shape index (κ2) is 13.3. The van der Waals surface area contributed by atoms with E-state index in [0.717, 1.165) is 6.26 Å². The molecule has 3 heterocycles. The van der Waals surface area contributed by atoms with Gasteiger partial charge in [-0.2, -0.15) is 0 Å². The normalized spacial score (nSPS) is 13.4. The lowest BCUT2D eigenvalue weighted by Crippen LogP contribution is -2.39. The molecule has 5 aromatic rings. The molecule has 246 valence electrons. The number of anilines is 1. The van der Waals surface area contributed by atoms with Gasteiger partial charge in [0, 0.05) is 41.6 Å². The van der Waals surface area contributed by atoms with E-state index in [9.17, 15) is 22.8 Å². The van der Waals surface area contributed by atoms with Crippen LogP contribution in [0.3, 0.4) is 0 Å². The highest BCUT2D eigenvalue weighted by Gasteiger charge is 2.31. The number of benzene rings is 2. The third-order valence-corrected chi connectivity index (χ3v) is 8.99. The Balaban J connectivity index is 1.32. The number of aromatic nitrogens is 3. The number of amides is 1. The van der Waals surface area contributed by atoms with Crippen molar-refractivity contribution in [2.45, 2.75) is 25.3 Å². The maximum absolute atomic E-state index is 14.1. The molecule has 0 aliphatic heterocycles. The molecule has 12 nitrogen and oxygen atoms in total. The van der Waals surface area contributed by atoms with Gasteiger partial charge in [-0.05, 0) is 48.7 Å². The third kappa shape index (κ3) is 6.63. The predicted octanol–water partition coefficient (Wildman–Crippen LogP) is 5.01. The van der Waals surface area contributed by atoms with Crippen molar-refractivity contribution >= 4 is 38.2 Å². The molecule has 1 aliphatic rings. The van der Waals surface area contributed by atoms with E-state index in [1.54, 1.807) is 60.8 Å². The third-order valence-electron chi connectivity index (χ3n) is 8.07. The topological polar surface area (TPSA) is 156 Å². The number of sulfone groups is 1. The van der Waals surface area contributed by atoms with Crippen LogP contribution in [0.15, 0.2) is 83.9 Å². The molecule has 3 aromatic heterocycles. The highest BCUT2D eigenvalue weighted by Crippen LogP contribution is 2.37. The van der Waals surface area contributed by atoms with Gasteiger partial charge in [-0.3, -0.25) is 19.4 Å². The largest absolute Gasteiger partial charge is 0.493 e. The number of pyridine rings is 3. The molecule has 1 aliphatic carbocycles. The molecule has 0 spiro atoms. The van der Waals surface area contributed by atoms with E-state index in [2.05, 4.69) is 15.3 Å². The van der Waals surface area contributed by atoms with Crippen LogP contribution in [0.4, 0.5) is 5.82 Å². The van der Waals surface area contributed by atoms with Gasteiger partial charge in [0.2, 0.25) is 0 Å². The fourth-order valence-electron chi connectivity index (χ4n) is 5.85. The van der Waals surface area contributed by atoms with Crippen molar-refractivity contribution in [1.82, 2.24) is 14.5 Å². The summed E-state index contributed by atoms with van der Waals surface area (Å²) in [5, 5.41) is 3.31. The molecule has 13 heteroatoms. The van der Waals surface area contributed by atoms with Crippen LogP contribution in [-0.4, -0.2) is 60.9 Å². The zero-order valence-corrected chi connectivity index (χ0v) is 27.2. The molecule has 0 bridgehead atoms. The maximum atomic E-state index is 14.1. The molecular formula is C35H32N4O8S. The molecule has 1 amide bonds. The minimum absolute atomic E-state index is 0.129. The minimum atomic E-state index is -3.59. The number of fused-ring (bicyclic) bond motifs is 2. The van der Waals surface area contributed by atoms with Crippen LogP contribution >= 0.6 is 0 Å². The van der Waals surface area contributed by atoms with E-state index in [1.165, 1.54) is 37.1 Å². The molecule has 1 atom stereocenters. The fourth-order valence-corrected chi connectivity index (χ4v) is 6.77. The summed E-state index contributed by atoms with van der Waals surface area (Å²) in [5.41, 5.74) is 0.852. The number of hydrogen-bond acceptors (Lipinski definition) is 10. The van der Waals surface area contributed by atoms with Gasteiger partial charge in [-0.15, -0.1) is 0 Å². The predicted molar refractivity (Wildman–Crippen MR) is 179 cm³/mol. The number of nitrogens with one attached hydrogen (secondary N) is 1. The molecule has 48 heavy (non-hydrogen) atoms. The molecule has 0 radical (unpaired) electrons. The van der Waals surface area contributed by atoms with Crippen LogP contribution in [-0.2, 0) is 16.3 Å². The second-order valence-corrected chi connectivity index (χ2v) is 13.5. The summed E-state index contributed by atoms with van der Waals surface area (Å²) in [6.07, 6.45) is 5.25. The Bertz CT molecular complexity index is 2200. The number of rotatable bonds is 10. The van der Waals surface area contributed by atoms with Gasteiger partial charge in [-0.1, -0.05) is 30.3 Å². The summed E-state index contributed by atoms with van der Waals surface area (Å²) in [6.45, 7) is 0. The van der Waals surface area contributed by atoms with Crippen LogP contribution in [0.2, 0.25) is 0 Å². The lowest BCUT2D eigenvalue weighted by Gasteiger charge is -2.27. The second-order valence-electron chi connectivity index (χ2n) is 11.4. The average molecular weight is 669 g/mol. The summed E-state index contributed by atoms with van der Waals surface area (Å²) in [5.74, 6) is 0.617. The van der Waals surface area contributed by atoms with Gasteiger partial charge in [0.25, 0.3) is 11.5 Å². The molecular weight excluding hydrogens is 636 g/mol. The number of Topliss-reactive ketones (excluding diaryl/α,β-unsaturated/α-hetero) is 1. The fraction of sp³-hybridized carbons (Fsp3) is 0.229. The summed E-state index contributed by atoms with van der Waals surface area (Å²) in [4.78, 5) is 49.4. The highest BCUT2D eigenvalue weighted by atomic mass is 32.2. The van der Waals surface area contributed by atoms with E-state index in [0.29, 0.717) is 58.0 Å². The van der Waals surface area contributed by atoms with Gasteiger partial charge >= 0.3 is 0 Å². The average Bonchev–Trinajstić information content (AvgIpc) is 3.07. The number of ketones is 1. The Morgan fingerprint density at radius 3 is 2.38 bits per heavy atom. The Kier molecular flexibility index (Phi) is 8.96. The lowest BCUT2D eigenvalue weighted by molar-refractivity contribution is 0.0970. The number of hydrogen-bond donors (Lipinski definition) is 1. The van der Waals surface area contributed by atoms with Crippen LogP contribution in [0.5, 0.6) is 23.0 Å². The number of methoxy groups -OCH3 is 2. The zero-order valence-electron chi connectivity index (χ0n) is 26.4. The first-order valence-electron chi connectivity index (χ1n) is 15.1. The van der Waals surface area contributed by atoms with E-state index >= 15 is 0 Å². The lowest BCUT2D eigenvalue weighted by atomic mass is 9.92. The number of carbonyl (C=O) groups is 2. The van der Waals surface area contributed by atoms with Crippen molar-refractivity contribution in [3.63, 3.8) is 0 Å². The minimum Gasteiger partial charge on any atom is -0.493 e. The van der Waals surface area contributed by atoms with Crippen LogP contribution in [0, 0.1) is 0 Å². The number of ether oxygens (including phenoxy) is 3. The number of carbonyl (C=O) groups excluding carboxylic acids is 2. The first kappa shape index (κ1) is 32.4. The Labute approximate surface area is 276 Å². The standard InChI is InChI=1S/C35H32N4O8S/c1-45-31-17-23-26(18-32(31)46-2)36-15-14-30(23)47-22-12-13-33(37-19-22)38-34(41)25-16-24-27(10-7-11-29(24)40)39(35(25)42)28(20-48(3,43)44)21-8-5-4-6-9-21/h4-6,8-9,12-19,28H,7,10-11,20H2,1-3H3,(H,37,38,41). The Hall–Kier alpha value is -5.56. The van der Waals surface area contributed by atoms with Crippen LogP contribution in [0.25, 0.3) is 10.9 Å². The van der Waals surface area contributed by atoms with Gasteiger partial charge < -0.3 is 24.1 Å². The van der Waals surface area contributed by atoms with Gasteiger partial charge in [0.1, 0.15) is 32.7 Å². The molecule has 0 saturated carbocycles. The van der Waals surface area contributed by atoms with E-state index < -0.39 is 33.1 Å². The molecule has 0 fully saturated rings. The van der Waals surface area contributed by atoms with Gasteiger partial charge in [0.15, 0.2) is 17.3 Å². The van der Waals surface area contributed by atoms with Crippen molar-refractivity contribution < 1.29 is 32.2 Å².